The van der Waals surface area contributed by atoms with Crippen molar-refractivity contribution >= 4 is 44.3 Å². The smallest absolute Gasteiger partial charge is 0.255 e. The number of carbonyl (C=O) groups is 2. The molecule has 2 amide bonds. The molecule has 0 radical (unpaired) electrons. The zero-order valence-electron chi connectivity index (χ0n) is 20.0. The fraction of sp³-hybridized carbons (Fsp3) is 0.241. The SMILES string of the molecule is Cc1[nH]c2ccccc2c1C1c2ccccc2C(=O)N1C(CC(C)C)C(=O)Nc1cccc(Br)c1. The van der Waals surface area contributed by atoms with Crippen LogP contribution in [0.2, 0.25) is 0 Å². The molecule has 4 aromatic rings. The van der Waals surface area contributed by atoms with Crippen LogP contribution in [0.5, 0.6) is 0 Å². The number of aryl methyl sites for hydroxylation is 1. The minimum Gasteiger partial charge on any atom is -0.358 e. The molecule has 1 aromatic heterocycles. The minimum atomic E-state index is -0.632. The van der Waals surface area contributed by atoms with Gasteiger partial charge in [0.05, 0.1) is 6.04 Å². The Morgan fingerprint density at radius 2 is 1.80 bits per heavy atom. The molecule has 3 aromatic carbocycles. The van der Waals surface area contributed by atoms with E-state index in [4.69, 9.17) is 0 Å². The van der Waals surface area contributed by atoms with Crippen LogP contribution in [0, 0.1) is 12.8 Å². The summed E-state index contributed by atoms with van der Waals surface area (Å²) in [5, 5.41) is 4.13. The van der Waals surface area contributed by atoms with Crippen LogP contribution in [0.25, 0.3) is 10.9 Å². The average Bonchev–Trinajstić information content (AvgIpc) is 3.30. The first-order chi connectivity index (χ1) is 16.8. The third-order valence-corrected chi connectivity index (χ3v) is 7.13. The third kappa shape index (κ3) is 4.27. The van der Waals surface area contributed by atoms with Crippen molar-refractivity contribution in [1.29, 1.82) is 0 Å². The van der Waals surface area contributed by atoms with Crippen molar-refractivity contribution in [2.24, 2.45) is 5.92 Å². The van der Waals surface area contributed by atoms with Gasteiger partial charge in [-0.1, -0.05) is 72.2 Å². The molecule has 6 heteroatoms. The van der Waals surface area contributed by atoms with Crippen molar-refractivity contribution in [3.63, 3.8) is 0 Å². The van der Waals surface area contributed by atoms with Gasteiger partial charge in [0, 0.05) is 37.9 Å². The molecule has 0 spiro atoms. The number of hydrogen-bond acceptors (Lipinski definition) is 2. The summed E-state index contributed by atoms with van der Waals surface area (Å²) in [6.07, 6.45) is 0.553. The molecule has 0 saturated carbocycles. The van der Waals surface area contributed by atoms with Crippen LogP contribution in [0.4, 0.5) is 5.69 Å². The lowest BCUT2D eigenvalue weighted by molar-refractivity contribution is -0.121. The lowest BCUT2D eigenvalue weighted by Gasteiger charge is -2.34. The molecule has 5 rings (SSSR count). The predicted molar refractivity (Wildman–Crippen MR) is 144 cm³/mol. The second kappa shape index (κ2) is 9.34. The van der Waals surface area contributed by atoms with E-state index in [1.807, 2.05) is 73.7 Å². The first-order valence-corrected chi connectivity index (χ1v) is 12.7. The average molecular weight is 530 g/mol. The summed E-state index contributed by atoms with van der Waals surface area (Å²) in [5.41, 5.74) is 5.36. The maximum atomic E-state index is 13.9. The molecular weight excluding hydrogens is 502 g/mol. The fourth-order valence-electron chi connectivity index (χ4n) is 5.19. The molecular formula is C29H28BrN3O2. The lowest BCUT2D eigenvalue weighted by atomic mass is 9.93. The number of rotatable bonds is 6. The van der Waals surface area contributed by atoms with E-state index in [0.29, 0.717) is 17.7 Å². The van der Waals surface area contributed by atoms with Gasteiger partial charge in [0.15, 0.2) is 0 Å². The first-order valence-electron chi connectivity index (χ1n) is 11.9. The van der Waals surface area contributed by atoms with E-state index in [1.54, 1.807) is 4.90 Å². The van der Waals surface area contributed by atoms with Crippen LogP contribution in [0.15, 0.2) is 77.3 Å². The standard InChI is InChI=1S/C29H28BrN3O2/c1-17(2)15-25(28(34)32-20-10-8-9-19(30)16-20)33-27(21-11-4-5-12-22(21)29(33)35)26-18(3)31-24-14-7-6-13-23(24)26/h4-14,16-17,25,27,31H,15H2,1-3H3,(H,32,34). The van der Waals surface area contributed by atoms with Crippen LogP contribution in [0.1, 0.15) is 53.5 Å². The summed E-state index contributed by atoms with van der Waals surface area (Å²) in [7, 11) is 0. The Balaban J connectivity index is 1.64. The summed E-state index contributed by atoms with van der Waals surface area (Å²) in [6, 6.07) is 22.4. The summed E-state index contributed by atoms with van der Waals surface area (Å²) in [4.78, 5) is 33.0. The summed E-state index contributed by atoms with van der Waals surface area (Å²) >= 11 is 3.47. The number of para-hydroxylation sites is 1. The molecule has 2 N–H and O–H groups in total. The van der Waals surface area contributed by atoms with Crippen molar-refractivity contribution in [3.8, 4) is 0 Å². The van der Waals surface area contributed by atoms with Crippen LogP contribution in [-0.2, 0) is 4.79 Å². The summed E-state index contributed by atoms with van der Waals surface area (Å²) in [6.45, 7) is 6.20. The Morgan fingerprint density at radius 3 is 2.57 bits per heavy atom. The largest absolute Gasteiger partial charge is 0.358 e. The van der Waals surface area contributed by atoms with Gasteiger partial charge in [-0.2, -0.15) is 0 Å². The molecule has 2 unspecified atom stereocenters. The Kier molecular flexibility index (Phi) is 6.24. The zero-order valence-corrected chi connectivity index (χ0v) is 21.6. The minimum absolute atomic E-state index is 0.106. The summed E-state index contributed by atoms with van der Waals surface area (Å²) in [5.74, 6) is -0.0692. The van der Waals surface area contributed by atoms with Crippen LogP contribution < -0.4 is 5.32 Å². The highest BCUT2D eigenvalue weighted by Crippen LogP contribution is 2.44. The highest BCUT2D eigenvalue weighted by Gasteiger charge is 2.45. The van der Waals surface area contributed by atoms with Crippen molar-refractivity contribution in [3.05, 3.63) is 99.7 Å². The number of H-pyrrole nitrogens is 1. The molecule has 1 aliphatic heterocycles. The Hall–Kier alpha value is -3.38. The fourth-order valence-corrected chi connectivity index (χ4v) is 5.59. The maximum Gasteiger partial charge on any atom is 0.255 e. The molecule has 0 fully saturated rings. The van der Waals surface area contributed by atoms with Gasteiger partial charge in [0.2, 0.25) is 5.91 Å². The monoisotopic (exact) mass is 529 g/mol. The number of aromatic amines is 1. The topological polar surface area (TPSA) is 65.2 Å². The normalized spacial score (nSPS) is 16.1. The molecule has 0 aliphatic carbocycles. The van der Waals surface area contributed by atoms with E-state index in [9.17, 15) is 9.59 Å². The lowest BCUT2D eigenvalue weighted by Crippen LogP contribution is -2.47. The number of amides is 2. The zero-order chi connectivity index (χ0) is 24.7. The number of anilines is 1. The number of carbonyl (C=O) groups excluding carboxylic acids is 2. The van der Waals surface area contributed by atoms with E-state index in [1.165, 1.54) is 0 Å². The van der Waals surface area contributed by atoms with Crippen LogP contribution in [0.3, 0.4) is 0 Å². The Morgan fingerprint density at radius 1 is 1.06 bits per heavy atom. The number of halogens is 1. The van der Waals surface area contributed by atoms with Crippen molar-refractivity contribution in [2.75, 3.05) is 5.32 Å². The predicted octanol–water partition coefficient (Wildman–Crippen LogP) is 6.84. The number of nitrogens with zero attached hydrogens (tertiary/aromatic N) is 1. The van der Waals surface area contributed by atoms with E-state index in [-0.39, 0.29) is 23.8 Å². The molecule has 1 aliphatic rings. The molecule has 0 bridgehead atoms. The highest BCUT2D eigenvalue weighted by atomic mass is 79.9. The second-order valence-electron chi connectivity index (χ2n) is 9.56. The van der Waals surface area contributed by atoms with Gasteiger partial charge in [0.1, 0.15) is 6.04 Å². The number of aromatic nitrogens is 1. The van der Waals surface area contributed by atoms with Crippen molar-refractivity contribution in [2.45, 2.75) is 39.3 Å². The number of benzene rings is 3. The van der Waals surface area contributed by atoms with Crippen molar-refractivity contribution < 1.29 is 9.59 Å². The van der Waals surface area contributed by atoms with Gasteiger partial charge >= 0.3 is 0 Å². The van der Waals surface area contributed by atoms with E-state index in [0.717, 1.165) is 32.2 Å². The Bertz CT molecular complexity index is 1420. The third-order valence-electron chi connectivity index (χ3n) is 6.64. The van der Waals surface area contributed by atoms with Gasteiger partial charge in [-0.25, -0.2) is 0 Å². The molecule has 2 heterocycles. The van der Waals surface area contributed by atoms with E-state index in [2.05, 4.69) is 46.1 Å². The van der Waals surface area contributed by atoms with E-state index >= 15 is 0 Å². The van der Waals surface area contributed by atoms with Gasteiger partial charge in [-0.3, -0.25) is 9.59 Å². The first kappa shape index (κ1) is 23.4. The molecule has 178 valence electrons. The molecule has 35 heavy (non-hydrogen) atoms. The second-order valence-corrected chi connectivity index (χ2v) is 10.5. The number of hydrogen-bond donors (Lipinski definition) is 2. The quantitative estimate of drug-likeness (QED) is 0.287. The summed E-state index contributed by atoms with van der Waals surface area (Å²) < 4.78 is 0.882. The van der Waals surface area contributed by atoms with Crippen LogP contribution >= 0.6 is 15.9 Å². The molecule has 2 atom stereocenters. The maximum absolute atomic E-state index is 13.9. The van der Waals surface area contributed by atoms with Gasteiger partial charge in [-0.05, 0) is 55.2 Å². The number of fused-ring (bicyclic) bond motifs is 2. The van der Waals surface area contributed by atoms with Gasteiger partial charge in [-0.15, -0.1) is 0 Å². The number of nitrogens with one attached hydrogen (secondary N) is 2. The Labute approximate surface area is 213 Å². The molecule has 5 nitrogen and oxygen atoms in total. The van der Waals surface area contributed by atoms with Crippen molar-refractivity contribution in [1.82, 2.24) is 9.88 Å². The highest BCUT2D eigenvalue weighted by molar-refractivity contribution is 9.10. The van der Waals surface area contributed by atoms with E-state index < -0.39 is 6.04 Å². The van der Waals surface area contributed by atoms with Gasteiger partial charge < -0.3 is 15.2 Å². The van der Waals surface area contributed by atoms with Crippen LogP contribution in [-0.4, -0.2) is 27.7 Å². The molecule has 0 saturated heterocycles. The van der Waals surface area contributed by atoms with Gasteiger partial charge in [0.25, 0.3) is 5.91 Å².